The summed E-state index contributed by atoms with van der Waals surface area (Å²) in [6.07, 6.45) is 1.38. The van der Waals surface area contributed by atoms with Gasteiger partial charge in [-0.2, -0.15) is 0 Å². The molecule has 0 unspecified atom stereocenters. The first-order chi connectivity index (χ1) is 13.0. The van der Waals surface area contributed by atoms with Crippen LogP contribution in [0, 0.1) is 5.92 Å². The summed E-state index contributed by atoms with van der Waals surface area (Å²) in [4.78, 5) is 17.1. The average molecular weight is 365 g/mol. The van der Waals surface area contributed by atoms with Crippen LogP contribution in [-0.4, -0.2) is 29.3 Å². The van der Waals surface area contributed by atoms with Crippen LogP contribution in [0.3, 0.4) is 0 Å². The SMILES string of the molecule is C=C1C[C@H]2Cc3nc(OC)ccc3[C@@](C(=O)O)(C1)[C@H]2OCc1ccccc1. The zero-order chi connectivity index (χ0) is 19.0. The molecule has 2 aromatic rings. The second-order valence-corrected chi connectivity index (χ2v) is 7.44. The lowest BCUT2D eigenvalue weighted by molar-refractivity contribution is -0.159. The summed E-state index contributed by atoms with van der Waals surface area (Å²) in [5, 5.41) is 10.3. The van der Waals surface area contributed by atoms with E-state index in [-0.39, 0.29) is 5.92 Å². The summed E-state index contributed by atoms with van der Waals surface area (Å²) >= 11 is 0. The number of aliphatic carboxylic acids is 1. The third-order valence-corrected chi connectivity index (χ3v) is 5.74. The van der Waals surface area contributed by atoms with Gasteiger partial charge in [-0.15, -0.1) is 0 Å². The van der Waals surface area contributed by atoms with Gasteiger partial charge < -0.3 is 14.6 Å². The number of methoxy groups -OCH3 is 1. The quantitative estimate of drug-likeness (QED) is 0.821. The Bertz CT molecular complexity index is 879. The van der Waals surface area contributed by atoms with Crippen molar-refractivity contribution >= 4 is 5.97 Å². The molecule has 140 valence electrons. The number of fused-ring (bicyclic) bond motifs is 4. The largest absolute Gasteiger partial charge is 0.481 e. The summed E-state index contributed by atoms with van der Waals surface area (Å²) in [7, 11) is 1.57. The molecule has 0 radical (unpaired) electrons. The third kappa shape index (κ3) is 2.92. The van der Waals surface area contributed by atoms with Gasteiger partial charge in [0.15, 0.2) is 0 Å². The Morgan fingerprint density at radius 3 is 2.74 bits per heavy atom. The molecule has 2 aliphatic rings. The van der Waals surface area contributed by atoms with E-state index in [0.29, 0.717) is 25.3 Å². The van der Waals surface area contributed by atoms with Gasteiger partial charge in [-0.3, -0.25) is 4.79 Å². The average Bonchev–Trinajstić information content (AvgIpc) is 2.66. The summed E-state index contributed by atoms with van der Waals surface area (Å²) in [6.45, 7) is 4.51. The van der Waals surface area contributed by atoms with E-state index in [2.05, 4.69) is 11.6 Å². The van der Waals surface area contributed by atoms with E-state index >= 15 is 0 Å². The number of hydrogen-bond donors (Lipinski definition) is 1. The zero-order valence-electron chi connectivity index (χ0n) is 15.4. The Hall–Kier alpha value is -2.66. The van der Waals surface area contributed by atoms with Crippen molar-refractivity contribution in [3.05, 3.63) is 71.4 Å². The van der Waals surface area contributed by atoms with Gasteiger partial charge in [-0.25, -0.2) is 4.98 Å². The molecule has 3 atom stereocenters. The van der Waals surface area contributed by atoms with Gasteiger partial charge in [-0.05, 0) is 36.3 Å². The number of hydrogen-bond acceptors (Lipinski definition) is 4. The highest BCUT2D eigenvalue weighted by Gasteiger charge is 2.58. The minimum atomic E-state index is -1.15. The number of carboxylic acids is 1. The Labute approximate surface area is 158 Å². The van der Waals surface area contributed by atoms with Crippen molar-refractivity contribution < 1.29 is 19.4 Å². The van der Waals surface area contributed by atoms with Crippen LogP contribution in [0.25, 0.3) is 0 Å². The molecular formula is C22H23NO4. The van der Waals surface area contributed by atoms with Crippen LogP contribution >= 0.6 is 0 Å². The van der Waals surface area contributed by atoms with Crippen molar-refractivity contribution in [3.8, 4) is 5.88 Å². The molecule has 1 fully saturated rings. The Morgan fingerprint density at radius 2 is 2.04 bits per heavy atom. The smallest absolute Gasteiger partial charge is 0.317 e. The molecule has 5 heteroatoms. The molecule has 2 aliphatic carbocycles. The number of allylic oxidation sites excluding steroid dienone is 1. The molecule has 1 aromatic carbocycles. The highest BCUT2D eigenvalue weighted by atomic mass is 16.5. The second kappa shape index (κ2) is 6.82. The van der Waals surface area contributed by atoms with E-state index in [4.69, 9.17) is 9.47 Å². The number of benzene rings is 1. The molecule has 1 aromatic heterocycles. The Kier molecular flexibility index (Phi) is 4.48. The first-order valence-electron chi connectivity index (χ1n) is 9.14. The topological polar surface area (TPSA) is 68.7 Å². The molecule has 1 saturated carbocycles. The maximum atomic E-state index is 12.6. The molecule has 1 N–H and O–H groups in total. The molecular weight excluding hydrogens is 342 g/mol. The number of nitrogens with zero attached hydrogens (tertiary/aromatic N) is 1. The lowest BCUT2D eigenvalue weighted by Crippen LogP contribution is -2.57. The van der Waals surface area contributed by atoms with E-state index in [9.17, 15) is 9.90 Å². The standard InChI is InChI=1S/C22H23NO4/c1-14-10-16-11-18-17(8-9-19(23-18)26-2)22(12-14,21(24)25)20(16)27-13-15-6-4-3-5-7-15/h3-9,16,20H,1,10-13H2,2H3,(H,24,25)/t16-,20-,22-/m0/s1. The van der Waals surface area contributed by atoms with E-state index in [0.717, 1.165) is 28.8 Å². The van der Waals surface area contributed by atoms with Crippen LogP contribution in [0.15, 0.2) is 54.6 Å². The fraction of sp³-hybridized carbons (Fsp3) is 0.364. The molecule has 5 nitrogen and oxygen atoms in total. The number of rotatable bonds is 5. The van der Waals surface area contributed by atoms with Crippen LogP contribution in [0.1, 0.15) is 29.7 Å². The lowest BCUT2D eigenvalue weighted by Gasteiger charge is -2.49. The van der Waals surface area contributed by atoms with Crippen LogP contribution in [0.4, 0.5) is 0 Å². The minimum Gasteiger partial charge on any atom is -0.481 e. The Morgan fingerprint density at radius 1 is 1.26 bits per heavy atom. The maximum absolute atomic E-state index is 12.6. The monoisotopic (exact) mass is 365 g/mol. The van der Waals surface area contributed by atoms with Crippen molar-refractivity contribution in [2.75, 3.05) is 7.11 Å². The summed E-state index contributed by atoms with van der Waals surface area (Å²) in [5.74, 6) is -0.327. The van der Waals surface area contributed by atoms with Crippen LogP contribution in [0.2, 0.25) is 0 Å². The minimum absolute atomic E-state index is 0.0400. The first-order valence-corrected chi connectivity index (χ1v) is 9.14. The Balaban J connectivity index is 1.76. The van der Waals surface area contributed by atoms with Gasteiger partial charge in [0, 0.05) is 11.8 Å². The van der Waals surface area contributed by atoms with Crippen LogP contribution in [0.5, 0.6) is 5.88 Å². The first kappa shape index (κ1) is 17.7. The fourth-order valence-corrected chi connectivity index (χ4v) is 4.63. The number of carboxylic acid groups (broad SMARTS) is 1. The van der Waals surface area contributed by atoms with Gasteiger partial charge in [0.2, 0.25) is 5.88 Å². The highest BCUT2D eigenvalue weighted by Crippen LogP contribution is 2.51. The summed E-state index contributed by atoms with van der Waals surface area (Å²) < 4.78 is 11.5. The molecule has 0 aliphatic heterocycles. The van der Waals surface area contributed by atoms with Gasteiger partial charge in [0.1, 0.15) is 5.41 Å². The normalized spacial score (nSPS) is 26.3. The molecule has 0 saturated heterocycles. The molecule has 4 rings (SSSR count). The number of ether oxygens (including phenoxy) is 2. The third-order valence-electron chi connectivity index (χ3n) is 5.74. The number of aromatic nitrogens is 1. The lowest BCUT2D eigenvalue weighted by atomic mass is 9.57. The predicted molar refractivity (Wildman–Crippen MR) is 101 cm³/mol. The van der Waals surface area contributed by atoms with E-state index in [1.807, 2.05) is 36.4 Å². The molecule has 0 amide bonds. The van der Waals surface area contributed by atoms with Gasteiger partial charge in [0.05, 0.1) is 19.8 Å². The van der Waals surface area contributed by atoms with Gasteiger partial charge in [0.25, 0.3) is 0 Å². The van der Waals surface area contributed by atoms with E-state index < -0.39 is 17.5 Å². The van der Waals surface area contributed by atoms with Crippen molar-refractivity contribution in [1.29, 1.82) is 0 Å². The molecule has 27 heavy (non-hydrogen) atoms. The fourth-order valence-electron chi connectivity index (χ4n) is 4.63. The molecule has 0 spiro atoms. The van der Waals surface area contributed by atoms with Crippen molar-refractivity contribution in [1.82, 2.24) is 4.98 Å². The van der Waals surface area contributed by atoms with E-state index in [1.54, 1.807) is 13.2 Å². The van der Waals surface area contributed by atoms with E-state index in [1.165, 1.54) is 0 Å². The number of carbonyl (C=O) groups is 1. The van der Waals surface area contributed by atoms with Crippen LogP contribution < -0.4 is 4.74 Å². The maximum Gasteiger partial charge on any atom is 0.317 e. The van der Waals surface area contributed by atoms with Crippen molar-refractivity contribution in [2.24, 2.45) is 5.92 Å². The predicted octanol–water partition coefficient (Wildman–Crippen LogP) is 3.52. The highest BCUT2D eigenvalue weighted by molar-refractivity contribution is 5.84. The van der Waals surface area contributed by atoms with Gasteiger partial charge >= 0.3 is 5.97 Å². The molecule has 1 heterocycles. The summed E-state index contributed by atoms with van der Waals surface area (Å²) in [6, 6.07) is 13.4. The van der Waals surface area contributed by atoms with Crippen molar-refractivity contribution in [3.63, 3.8) is 0 Å². The number of pyridine rings is 1. The zero-order valence-corrected chi connectivity index (χ0v) is 15.4. The van der Waals surface area contributed by atoms with Gasteiger partial charge in [-0.1, -0.05) is 48.6 Å². The van der Waals surface area contributed by atoms with Crippen molar-refractivity contribution in [2.45, 2.75) is 37.4 Å². The molecule has 2 bridgehead atoms. The second-order valence-electron chi connectivity index (χ2n) is 7.44. The summed E-state index contributed by atoms with van der Waals surface area (Å²) in [5.41, 5.74) is 2.37. The van der Waals surface area contributed by atoms with Crippen LogP contribution in [-0.2, 0) is 28.0 Å².